The molecular weight excluding hydrogens is 252 g/mol. The van der Waals surface area contributed by atoms with Crippen LogP contribution in [0.5, 0.6) is 5.88 Å². The van der Waals surface area contributed by atoms with Gasteiger partial charge >= 0.3 is 0 Å². The Morgan fingerprint density at radius 3 is 2.95 bits per heavy atom. The van der Waals surface area contributed by atoms with Gasteiger partial charge in [-0.15, -0.1) is 0 Å². The summed E-state index contributed by atoms with van der Waals surface area (Å²) < 4.78 is 5.65. The highest BCUT2D eigenvalue weighted by molar-refractivity contribution is 5.39. The van der Waals surface area contributed by atoms with Crippen LogP contribution in [0, 0.1) is 0 Å². The van der Waals surface area contributed by atoms with Gasteiger partial charge in [-0.2, -0.15) is 4.98 Å². The molecule has 1 aromatic heterocycles. The maximum atomic E-state index is 5.65. The summed E-state index contributed by atoms with van der Waals surface area (Å²) in [7, 11) is 0. The molecule has 1 atom stereocenters. The Morgan fingerprint density at radius 2 is 2.30 bits per heavy atom. The van der Waals surface area contributed by atoms with Crippen molar-refractivity contribution in [3.8, 4) is 5.88 Å². The van der Waals surface area contributed by atoms with Crippen LogP contribution in [-0.2, 0) is 0 Å². The number of aromatic nitrogens is 2. The van der Waals surface area contributed by atoms with Gasteiger partial charge < -0.3 is 15.0 Å². The molecule has 0 radical (unpaired) electrons. The molecule has 112 valence electrons. The number of piperidine rings is 1. The van der Waals surface area contributed by atoms with E-state index < -0.39 is 0 Å². The van der Waals surface area contributed by atoms with Crippen molar-refractivity contribution < 1.29 is 4.74 Å². The number of nitrogens with zero attached hydrogens (tertiary/aromatic N) is 3. The highest BCUT2D eigenvalue weighted by Crippen LogP contribution is 2.21. The number of hydrogen-bond donors (Lipinski definition) is 1. The summed E-state index contributed by atoms with van der Waals surface area (Å²) in [6, 6.07) is 0.507. The third-order valence-electron chi connectivity index (χ3n) is 3.43. The Hall–Kier alpha value is -1.36. The van der Waals surface area contributed by atoms with Crippen molar-refractivity contribution in [1.82, 2.24) is 15.3 Å². The molecule has 0 spiro atoms. The molecule has 1 aromatic rings. The Morgan fingerprint density at radius 1 is 1.45 bits per heavy atom. The minimum absolute atomic E-state index is 0.121. The summed E-state index contributed by atoms with van der Waals surface area (Å²) in [5.41, 5.74) is 0. The predicted octanol–water partition coefficient (Wildman–Crippen LogP) is 2.23. The summed E-state index contributed by atoms with van der Waals surface area (Å²) in [4.78, 5) is 11.3. The van der Waals surface area contributed by atoms with Crippen molar-refractivity contribution in [2.24, 2.45) is 0 Å². The van der Waals surface area contributed by atoms with Gasteiger partial charge in [0.25, 0.3) is 0 Å². The number of ether oxygens (including phenoxy) is 1. The van der Waals surface area contributed by atoms with Crippen LogP contribution < -0.4 is 15.0 Å². The fraction of sp³-hybridized carbons (Fsp3) is 0.733. The Balaban J connectivity index is 2.15. The minimum atomic E-state index is 0.121. The number of hydrogen-bond acceptors (Lipinski definition) is 5. The van der Waals surface area contributed by atoms with Gasteiger partial charge in [-0.3, -0.25) is 4.98 Å². The van der Waals surface area contributed by atoms with Gasteiger partial charge in [0, 0.05) is 19.1 Å². The molecule has 2 rings (SSSR count). The van der Waals surface area contributed by atoms with E-state index in [-0.39, 0.29) is 6.10 Å². The molecule has 0 saturated carbocycles. The number of rotatable bonds is 6. The van der Waals surface area contributed by atoms with E-state index in [4.69, 9.17) is 4.74 Å². The van der Waals surface area contributed by atoms with Crippen LogP contribution in [0.2, 0.25) is 0 Å². The lowest BCUT2D eigenvalue weighted by molar-refractivity contribution is 0.231. The zero-order valence-corrected chi connectivity index (χ0v) is 12.8. The Kier molecular flexibility index (Phi) is 5.59. The first-order valence-corrected chi connectivity index (χ1v) is 7.66. The molecule has 0 aliphatic carbocycles. The summed E-state index contributed by atoms with van der Waals surface area (Å²) >= 11 is 0. The lowest BCUT2D eigenvalue weighted by Gasteiger charge is -2.35. The second kappa shape index (κ2) is 7.43. The first-order chi connectivity index (χ1) is 9.70. The summed E-state index contributed by atoms with van der Waals surface area (Å²) in [5, 5.41) is 3.47. The zero-order valence-electron chi connectivity index (χ0n) is 12.8. The van der Waals surface area contributed by atoms with Crippen LogP contribution in [0.4, 0.5) is 5.82 Å². The van der Waals surface area contributed by atoms with Crippen molar-refractivity contribution in [3.05, 3.63) is 12.4 Å². The predicted molar refractivity (Wildman–Crippen MR) is 81.3 cm³/mol. The van der Waals surface area contributed by atoms with E-state index in [1.807, 2.05) is 20.0 Å². The Bertz CT molecular complexity index is 405. The van der Waals surface area contributed by atoms with E-state index in [9.17, 15) is 0 Å². The molecule has 1 aliphatic rings. The van der Waals surface area contributed by atoms with E-state index in [2.05, 4.69) is 27.1 Å². The van der Waals surface area contributed by atoms with Gasteiger partial charge in [0.1, 0.15) is 0 Å². The van der Waals surface area contributed by atoms with Gasteiger partial charge in [0.05, 0.1) is 18.5 Å². The Labute approximate surface area is 121 Å². The SMILES string of the molecule is CCCN(c1cncc(OC(C)C)n1)C1CCCNC1. The lowest BCUT2D eigenvalue weighted by atomic mass is 10.1. The van der Waals surface area contributed by atoms with E-state index in [0.29, 0.717) is 11.9 Å². The van der Waals surface area contributed by atoms with E-state index >= 15 is 0 Å². The molecule has 1 fully saturated rings. The molecule has 0 bridgehead atoms. The fourth-order valence-electron chi connectivity index (χ4n) is 2.60. The third-order valence-corrected chi connectivity index (χ3v) is 3.43. The van der Waals surface area contributed by atoms with Gasteiger partial charge in [-0.1, -0.05) is 6.92 Å². The number of anilines is 1. The fourth-order valence-corrected chi connectivity index (χ4v) is 2.60. The van der Waals surface area contributed by atoms with Crippen LogP contribution >= 0.6 is 0 Å². The summed E-state index contributed by atoms with van der Waals surface area (Å²) in [6.07, 6.45) is 7.19. The standard InChI is InChI=1S/C15H26N4O/c1-4-8-19(13-6-5-7-16-9-13)14-10-17-11-15(18-14)20-12(2)3/h10-13,16H,4-9H2,1-3H3. The second-order valence-corrected chi connectivity index (χ2v) is 5.58. The van der Waals surface area contributed by atoms with Gasteiger partial charge in [-0.05, 0) is 39.7 Å². The van der Waals surface area contributed by atoms with Gasteiger partial charge in [-0.25, -0.2) is 0 Å². The van der Waals surface area contributed by atoms with Crippen molar-refractivity contribution in [2.45, 2.75) is 52.2 Å². The first kappa shape index (κ1) is 15.0. The number of nitrogens with one attached hydrogen (secondary N) is 1. The highest BCUT2D eigenvalue weighted by Gasteiger charge is 2.22. The molecule has 1 unspecified atom stereocenters. The van der Waals surface area contributed by atoms with Crippen LogP contribution in [0.25, 0.3) is 0 Å². The highest BCUT2D eigenvalue weighted by atomic mass is 16.5. The molecule has 1 saturated heterocycles. The quantitative estimate of drug-likeness (QED) is 0.865. The van der Waals surface area contributed by atoms with Crippen molar-refractivity contribution in [3.63, 3.8) is 0 Å². The largest absolute Gasteiger partial charge is 0.474 e. The third kappa shape index (κ3) is 4.07. The molecule has 1 aliphatic heterocycles. The maximum Gasteiger partial charge on any atom is 0.234 e. The molecule has 5 nitrogen and oxygen atoms in total. The summed E-state index contributed by atoms with van der Waals surface area (Å²) in [5.74, 6) is 1.54. The van der Waals surface area contributed by atoms with Gasteiger partial charge in [0.15, 0.2) is 5.82 Å². The molecule has 1 N–H and O–H groups in total. The monoisotopic (exact) mass is 278 g/mol. The molecule has 5 heteroatoms. The van der Waals surface area contributed by atoms with Crippen molar-refractivity contribution in [2.75, 3.05) is 24.5 Å². The normalized spacial score (nSPS) is 19.1. The molecular formula is C15H26N4O. The van der Waals surface area contributed by atoms with Crippen molar-refractivity contribution in [1.29, 1.82) is 0 Å². The average Bonchev–Trinajstić information content (AvgIpc) is 2.45. The van der Waals surface area contributed by atoms with Crippen LogP contribution in [-0.4, -0.2) is 41.7 Å². The summed E-state index contributed by atoms with van der Waals surface area (Å²) in [6.45, 7) is 9.36. The molecule has 2 heterocycles. The first-order valence-electron chi connectivity index (χ1n) is 7.66. The van der Waals surface area contributed by atoms with E-state index in [1.54, 1.807) is 6.20 Å². The van der Waals surface area contributed by atoms with Crippen molar-refractivity contribution >= 4 is 5.82 Å². The second-order valence-electron chi connectivity index (χ2n) is 5.58. The molecule has 0 amide bonds. The average molecular weight is 278 g/mol. The smallest absolute Gasteiger partial charge is 0.234 e. The van der Waals surface area contributed by atoms with Gasteiger partial charge in [0.2, 0.25) is 5.88 Å². The van der Waals surface area contributed by atoms with E-state index in [1.165, 1.54) is 12.8 Å². The lowest BCUT2D eigenvalue weighted by Crippen LogP contribution is -2.46. The topological polar surface area (TPSA) is 50.3 Å². The minimum Gasteiger partial charge on any atom is -0.474 e. The van der Waals surface area contributed by atoms with E-state index in [0.717, 1.165) is 31.9 Å². The zero-order chi connectivity index (χ0) is 14.4. The van der Waals surface area contributed by atoms with Crippen LogP contribution in [0.3, 0.4) is 0 Å². The maximum absolute atomic E-state index is 5.65. The van der Waals surface area contributed by atoms with Crippen LogP contribution in [0.15, 0.2) is 12.4 Å². The van der Waals surface area contributed by atoms with Crippen LogP contribution in [0.1, 0.15) is 40.0 Å². The molecule has 20 heavy (non-hydrogen) atoms. The molecule has 0 aromatic carbocycles.